The number of sulfonamides is 1. The normalized spacial score (nSPS) is 14.0. The summed E-state index contributed by atoms with van der Waals surface area (Å²) in [5.74, 6) is 0.781. The Morgan fingerprint density at radius 3 is 2.95 bits per heavy atom. The van der Waals surface area contributed by atoms with E-state index in [1.807, 2.05) is 0 Å². The molecule has 2 aromatic rings. The molecule has 0 unspecified atom stereocenters. The highest BCUT2D eigenvalue weighted by molar-refractivity contribution is 7.89. The first kappa shape index (κ1) is 13.8. The quantitative estimate of drug-likeness (QED) is 0.876. The zero-order chi connectivity index (χ0) is 15.0. The molecule has 110 valence electrons. The van der Waals surface area contributed by atoms with Crippen LogP contribution < -0.4 is 10.0 Å². The zero-order valence-electron chi connectivity index (χ0n) is 11.2. The topological polar surface area (TPSA) is 101 Å². The van der Waals surface area contributed by atoms with Gasteiger partial charge < -0.3 is 9.73 Å². The molecule has 0 atom stereocenters. The molecule has 0 spiro atoms. The highest BCUT2D eigenvalue weighted by Gasteiger charge is 2.22. The number of hydrogen-bond donors (Lipinski definition) is 2. The second-order valence-electron chi connectivity index (χ2n) is 4.73. The van der Waals surface area contributed by atoms with Crippen molar-refractivity contribution in [2.75, 3.05) is 5.32 Å². The first-order valence-corrected chi connectivity index (χ1v) is 7.76. The standard InChI is InChI=1S/C13H13N3O4S/c1-8-6-14-13(20-8)7-15-21(18,19)10-2-3-11-9(4-10)5-12(17)16-11/h2-4,6,15H,5,7H2,1H3,(H,16,17). The molecule has 2 heterocycles. The molecule has 1 aliphatic rings. The van der Waals surface area contributed by atoms with E-state index < -0.39 is 10.0 Å². The van der Waals surface area contributed by atoms with Crippen molar-refractivity contribution in [3.05, 3.63) is 41.6 Å². The van der Waals surface area contributed by atoms with Crippen LogP contribution in [-0.4, -0.2) is 19.3 Å². The van der Waals surface area contributed by atoms with E-state index in [-0.39, 0.29) is 23.8 Å². The molecule has 0 fully saturated rings. The maximum absolute atomic E-state index is 12.2. The summed E-state index contributed by atoms with van der Waals surface area (Å²) in [7, 11) is -3.68. The number of carbonyl (C=O) groups is 1. The van der Waals surface area contributed by atoms with Crippen molar-refractivity contribution >= 4 is 21.6 Å². The minimum absolute atomic E-state index is 0.0234. The third-order valence-corrected chi connectivity index (χ3v) is 4.49. The number of rotatable bonds is 4. The van der Waals surface area contributed by atoms with Gasteiger partial charge in [0.15, 0.2) is 0 Å². The fourth-order valence-electron chi connectivity index (χ4n) is 2.10. The van der Waals surface area contributed by atoms with E-state index in [1.165, 1.54) is 18.3 Å². The molecule has 2 N–H and O–H groups in total. The van der Waals surface area contributed by atoms with Gasteiger partial charge in [-0.15, -0.1) is 0 Å². The molecule has 1 aromatic carbocycles. The van der Waals surface area contributed by atoms with E-state index >= 15 is 0 Å². The summed E-state index contributed by atoms with van der Waals surface area (Å²) in [6, 6.07) is 4.54. The summed E-state index contributed by atoms with van der Waals surface area (Å²) >= 11 is 0. The van der Waals surface area contributed by atoms with Gasteiger partial charge in [0.1, 0.15) is 5.76 Å². The second kappa shape index (κ2) is 4.97. The van der Waals surface area contributed by atoms with Crippen LogP contribution in [0.25, 0.3) is 0 Å². The Kier molecular flexibility index (Phi) is 3.26. The van der Waals surface area contributed by atoms with Gasteiger partial charge in [-0.3, -0.25) is 4.79 Å². The number of carbonyl (C=O) groups excluding carboxylic acids is 1. The molecule has 0 saturated heterocycles. The Morgan fingerprint density at radius 2 is 2.24 bits per heavy atom. The Hall–Kier alpha value is -2.19. The third-order valence-electron chi connectivity index (χ3n) is 3.09. The Balaban J connectivity index is 1.79. The molecule has 21 heavy (non-hydrogen) atoms. The van der Waals surface area contributed by atoms with Crippen molar-refractivity contribution in [2.45, 2.75) is 24.8 Å². The smallest absolute Gasteiger partial charge is 0.241 e. The van der Waals surface area contributed by atoms with Gasteiger partial charge in [0.05, 0.1) is 24.1 Å². The molecule has 3 rings (SSSR count). The average Bonchev–Trinajstić information content (AvgIpc) is 3.00. The lowest BCUT2D eigenvalue weighted by molar-refractivity contribution is -0.115. The van der Waals surface area contributed by atoms with Crippen LogP contribution in [0.15, 0.2) is 33.7 Å². The lowest BCUT2D eigenvalue weighted by Gasteiger charge is -2.06. The highest BCUT2D eigenvalue weighted by atomic mass is 32.2. The van der Waals surface area contributed by atoms with Gasteiger partial charge >= 0.3 is 0 Å². The van der Waals surface area contributed by atoms with Crippen LogP contribution in [0.4, 0.5) is 5.69 Å². The van der Waals surface area contributed by atoms with Crippen LogP contribution in [0.2, 0.25) is 0 Å². The number of amides is 1. The average molecular weight is 307 g/mol. The van der Waals surface area contributed by atoms with Crippen molar-refractivity contribution in [2.24, 2.45) is 0 Å². The maximum Gasteiger partial charge on any atom is 0.241 e. The Bertz CT molecular complexity index is 811. The molecule has 0 bridgehead atoms. The van der Waals surface area contributed by atoms with E-state index in [0.717, 1.165) is 0 Å². The fraction of sp³-hybridized carbons (Fsp3) is 0.231. The number of nitrogens with zero attached hydrogens (tertiary/aromatic N) is 1. The van der Waals surface area contributed by atoms with Crippen LogP contribution in [0.1, 0.15) is 17.2 Å². The molecule has 7 nitrogen and oxygen atoms in total. The van der Waals surface area contributed by atoms with Crippen LogP contribution in [0.3, 0.4) is 0 Å². The number of aromatic nitrogens is 1. The van der Waals surface area contributed by atoms with Crippen LogP contribution >= 0.6 is 0 Å². The van der Waals surface area contributed by atoms with E-state index in [9.17, 15) is 13.2 Å². The number of aryl methyl sites for hydroxylation is 1. The van der Waals surface area contributed by atoms with Gasteiger partial charge in [0, 0.05) is 5.69 Å². The molecular weight excluding hydrogens is 294 g/mol. The summed E-state index contributed by atoms with van der Waals surface area (Å²) in [4.78, 5) is 15.3. The number of oxazole rings is 1. The van der Waals surface area contributed by atoms with Gasteiger partial charge in [-0.1, -0.05) is 0 Å². The third kappa shape index (κ3) is 2.81. The van der Waals surface area contributed by atoms with Crippen LogP contribution in [0, 0.1) is 6.92 Å². The predicted molar refractivity (Wildman–Crippen MR) is 74.0 cm³/mol. The van der Waals surface area contributed by atoms with E-state index in [2.05, 4.69) is 15.0 Å². The van der Waals surface area contributed by atoms with E-state index in [4.69, 9.17) is 4.42 Å². The molecule has 1 aliphatic heterocycles. The lowest BCUT2D eigenvalue weighted by Crippen LogP contribution is -2.23. The molecule has 0 radical (unpaired) electrons. The van der Waals surface area contributed by atoms with E-state index in [1.54, 1.807) is 13.0 Å². The Labute approximate surface area is 121 Å². The minimum atomic E-state index is -3.68. The summed E-state index contributed by atoms with van der Waals surface area (Å²) in [5.41, 5.74) is 1.33. The van der Waals surface area contributed by atoms with Crippen molar-refractivity contribution in [3.8, 4) is 0 Å². The zero-order valence-corrected chi connectivity index (χ0v) is 12.0. The lowest BCUT2D eigenvalue weighted by atomic mass is 10.2. The van der Waals surface area contributed by atoms with Crippen molar-refractivity contribution < 1.29 is 17.6 Å². The summed E-state index contributed by atoms with van der Waals surface area (Å²) < 4.78 is 32.0. The summed E-state index contributed by atoms with van der Waals surface area (Å²) in [6.45, 7) is 1.71. The van der Waals surface area contributed by atoms with Gasteiger partial charge in [-0.2, -0.15) is 0 Å². The largest absolute Gasteiger partial charge is 0.445 e. The second-order valence-corrected chi connectivity index (χ2v) is 6.50. The van der Waals surface area contributed by atoms with Gasteiger partial charge in [-0.25, -0.2) is 18.1 Å². The predicted octanol–water partition coefficient (Wildman–Crippen LogP) is 0.956. The fourth-order valence-corrected chi connectivity index (χ4v) is 3.12. The van der Waals surface area contributed by atoms with Crippen molar-refractivity contribution in [1.29, 1.82) is 0 Å². The maximum atomic E-state index is 12.2. The monoisotopic (exact) mass is 307 g/mol. The molecule has 1 aromatic heterocycles. The first-order chi connectivity index (χ1) is 9.94. The van der Waals surface area contributed by atoms with Gasteiger partial charge in [0.2, 0.25) is 21.8 Å². The Morgan fingerprint density at radius 1 is 1.43 bits per heavy atom. The molecule has 8 heteroatoms. The number of fused-ring (bicyclic) bond motifs is 1. The minimum Gasteiger partial charge on any atom is -0.445 e. The number of hydrogen-bond acceptors (Lipinski definition) is 5. The molecule has 1 amide bonds. The molecule has 0 saturated carbocycles. The molecule has 0 aliphatic carbocycles. The summed E-state index contributed by atoms with van der Waals surface area (Å²) in [6.07, 6.45) is 1.72. The highest BCUT2D eigenvalue weighted by Crippen LogP contribution is 2.25. The first-order valence-electron chi connectivity index (χ1n) is 6.28. The van der Waals surface area contributed by atoms with Crippen molar-refractivity contribution in [1.82, 2.24) is 9.71 Å². The van der Waals surface area contributed by atoms with Crippen LogP contribution in [-0.2, 0) is 27.8 Å². The van der Waals surface area contributed by atoms with Gasteiger partial charge in [0.25, 0.3) is 0 Å². The molecular formula is C13H13N3O4S. The SMILES string of the molecule is Cc1cnc(CNS(=O)(=O)c2ccc3c(c2)CC(=O)N3)o1. The number of benzene rings is 1. The number of nitrogens with one attached hydrogen (secondary N) is 2. The van der Waals surface area contributed by atoms with Gasteiger partial charge in [-0.05, 0) is 30.7 Å². The van der Waals surface area contributed by atoms with Crippen LogP contribution in [0.5, 0.6) is 0 Å². The summed E-state index contributed by atoms with van der Waals surface area (Å²) in [5, 5.41) is 2.66. The number of anilines is 1. The van der Waals surface area contributed by atoms with Crippen molar-refractivity contribution in [3.63, 3.8) is 0 Å². The van der Waals surface area contributed by atoms with E-state index in [0.29, 0.717) is 22.9 Å².